The summed E-state index contributed by atoms with van der Waals surface area (Å²) in [7, 11) is 1.59. The third-order valence-corrected chi connectivity index (χ3v) is 3.07. The quantitative estimate of drug-likeness (QED) is 0.720. The number of primary amides is 1. The Labute approximate surface area is 121 Å². The van der Waals surface area contributed by atoms with Gasteiger partial charge in [0.25, 0.3) is 5.91 Å². The first kappa shape index (κ1) is 14.6. The summed E-state index contributed by atoms with van der Waals surface area (Å²) < 4.78 is 1.48. The minimum atomic E-state index is -0.735. The topological polar surface area (TPSA) is 110 Å². The fourth-order valence-corrected chi connectivity index (χ4v) is 1.98. The van der Waals surface area contributed by atoms with Crippen LogP contribution >= 0.6 is 0 Å². The van der Waals surface area contributed by atoms with Gasteiger partial charge in [-0.05, 0) is 11.1 Å². The van der Waals surface area contributed by atoms with Crippen molar-refractivity contribution < 1.29 is 14.7 Å². The Morgan fingerprint density at radius 1 is 1.29 bits per heavy atom. The number of hydrogen-bond donors (Lipinski definition) is 3. The van der Waals surface area contributed by atoms with Crippen LogP contribution in [0.4, 0.5) is 0 Å². The summed E-state index contributed by atoms with van der Waals surface area (Å²) in [5.74, 6) is -1.17. The van der Waals surface area contributed by atoms with Gasteiger partial charge >= 0.3 is 0 Å². The highest BCUT2D eigenvalue weighted by molar-refractivity contribution is 5.93. The molecule has 2 amide bonds. The zero-order valence-electron chi connectivity index (χ0n) is 11.5. The smallest absolute Gasteiger partial charge is 0.271 e. The minimum Gasteiger partial charge on any atom is -0.492 e. The fraction of sp³-hybridized carbons (Fsp3) is 0.214. The van der Waals surface area contributed by atoms with Crippen molar-refractivity contribution in [3.8, 4) is 5.88 Å². The number of carbonyl (C=O) groups is 2. The van der Waals surface area contributed by atoms with E-state index in [0.717, 1.165) is 11.1 Å². The Bertz CT molecular complexity index is 661. The molecular formula is C14H16N4O3. The zero-order chi connectivity index (χ0) is 15.4. The number of benzene rings is 1. The molecule has 1 aromatic heterocycles. The van der Waals surface area contributed by atoms with Crippen molar-refractivity contribution in [1.82, 2.24) is 14.9 Å². The Morgan fingerprint density at radius 2 is 1.90 bits per heavy atom. The summed E-state index contributed by atoms with van der Waals surface area (Å²) in [4.78, 5) is 26.2. The molecule has 0 bridgehead atoms. The maximum absolute atomic E-state index is 11.3. The molecule has 2 rings (SSSR count). The van der Waals surface area contributed by atoms with Crippen LogP contribution in [0, 0.1) is 0 Å². The molecule has 2 aromatic rings. The lowest BCUT2D eigenvalue weighted by atomic mass is 10.1. The average molecular weight is 288 g/mol. The second-order valence-corrected chi connectivity index (χ2v) is 4.58. The molecule has 0 aliphatic heterocycles. The second-order valence-electron chi connectivity index (χ2n) is 4.58. The van der Waals surface area contributed by atoms with E-state index in [1.54, 1.807) is 7.05 Å². The maximum Gasteiger partial charge on any atom is 0.271 e. The number of amides is 2. The number of aromatic hydroxyl groups is 1. The van der Waals surface area contributed by atoms with Gasteiger partial charge in [0, 0.05) is 13.6 Å². The summed E-state index contributed by atoms with van der Waals surface area (Å²) in [5.41, 5.74) is 6.97. The lowest BCUT2D eigenvalue weighted by Gasteiger charge is -2.07. The van der Waals surface area contributed by atoms with E-state index in [2.05, 4.69) is 10.3 Å². The second kappa shape index (κ2) is 6.08. The van der Waals surface area contributed by atoms with Crippen molar-refractivity contribution in [3.05, 3.63) is 47.4 Å². The lowest BCUT2D eigenvalue weighted by molar-refractivity contribution is -0.119. The monoisotopic (exact) mass is 288 g/mol. The van der Waals surface area contributed by atoms with Crippen LogP contribution in [0.15, 0.2) is 30.6 Å². The SMILES string of the molecule is CNC(=O)Cc1ccc(Cn2cnc(O)c2C(N)=O)cc1. The highest BCUT2D eigenvalue weighted by Crippen LogP contribution is 2.16. The largest absolute Gasteiger partial charge is 0.492 e. The molecule has 1 heterocycles. The average Bonchev–Trinajstić information content (AvgIpc) is 2.81. The molecule has 0 aliphatic carbocycles. The van der Waals surface area contributed by atoms with Crippen molar-refractivity contribution in [1.29, 1.82) is 0 Å². The molecule has 7 nitrogen and oxygen atoms in total. The van der Waals surface area contributed by atoms with Gasteiger partial charge < -0.3 is 20.7 Å². The summed E-state index contributed by atoms with van der Waals surface area (Å²) in [6.07, 6.45) is 1.67. The Balaban J connectivity index is 2.14. The van der Waals surface area contributed by atoms with Crippen molar-refractivity contribution in [2.75, 3.05) is 7.05 Å². The van der Waals surface area contributed by atoms with E-state index in [1.165, 1.54) is 10.9 Å². The van der Waals surface area contributed by atoms with Gasteiger partial charge in [-0.15, -0.1) is 0 Å². The van der Waals surface area contributed by atoms with Crippen molar-refractivity contribution in [2.45, 2.75) is 13.0 Å². The highest BCUT2D eigenvalue weighted by atomic mass is 16.3. The summed E-state index contributed by atoms with van der Waals surface area (Å²) >= 11 is 0. The first-order valence-corrected chi connectivity index (χ1v) is 6.33. The number of likely N-dealkylation sites (N-methyl/N-ethyl adjacent to an activating group) is 1. The standard InChI is InChI=1S/C14H16N4O3/c1-16-11(19)6-9-2-4-10(5-3-9)7-18-8-17-14(21)12(18)13(15)20/h2-5,8,21H,6-7H2,1H3,(H2,15,20)(H,16,19). The van der Waals surface area contributed by atoms with Gasteiger partial charge in [-0.1, -0.05) is 24.3 Å². The fourth-order valence-electron chi connectivity index (χ4n) is 1.98. The van der Waals surface area contributed by atoms with Crippen LogP contribution in [0.5, 0.6) is 5.88 Å². The van der Waals surface area contributed by atoms with E-state index in [-0.39, 0.29) is 17.5 Å². The van der Waals surface area contributed by atoms with Gasteiger partial charge in [-0.25, -0.2) is 4.98 Å². The molecule has 0 aliphatic rings. The van der Waals surface area contributed by atoms with Gasteiger partial charge in [0.05, 0.1) is 12.7 Å². The highest BCUT2D eigenvalue weighted by Gasteiger charge is 2.15. The van der Waals surface area contributed by atoms with E-state index in [1.807, 2.05) is 24.3 Å². The van der Waals surface area contributed by atoms with Crippen molar-refractivity contribution in [3.63, 3.8) is 0 Å². The van der Waals surface area contributed by atoms with Gasteiger partial charge in [0.1, 0.15) is 0 Å². The van der Waals surface area contributed by atoms with Crippen LogP contribution in [0.25, 0.3) is 0 Å². The molecule has 0 saturated heterocycles. The first-order valence-electron chi connectivity index (χ1n) is 6.33. The molecular weight excluding hydrogens is 272 g/mol. The molecule has 0 unspecified atom stereocenters. The maximum atomic E-state index is 11.3. The van der Waals surface area contributed by atoms with Crippen LogP contribution in [0.3, 0.4) is 0 Å². The molecule has 7 heteroatoms. The van der Waals surface area contributed by atoms with Crippen molar-refractivity contribution >= 4 is 11.8 Å². The zero-order valence-corrected chi connectivity index (χ0v) is 11.5. The summed E-state index contributed by atoms with van der Waals surface area (Å²) in [6.45, 7) is 0.353. The van der Waals surface area contributed by atoms with E-state index < -0.39 is 5.91 Å². The normalized spacial score (nSPS) is 10.3. The Morgan fingerprint density at radius 3 is 2.48 bits per heavy atom. The molecule has 1 aromatic carbocycles. The van der Waals surface area contributed by atoms with Crippen LogP contribution in [0.2, 0.25) is 0 Å². The number of nitrogens with one attached hydrogen (secondary N) is 1. The van der Waals surface area contributed by atoms with Gasteiger partial charge in [0.2, 0.25) is 11.8 Å². The van der Waals surface area contributed by atoms with E-state index >= 15 is 0 Å². The van der Waals surface area contributed by atoms with Gasteiger partial charge in [0.15, 0.2) is 5.69 Å². The van der Waals surface area contributed by atoms with Crippen molar-refractivity contribution in [2.24, 2.45) is 5.73 Å². The molecule has 21 heavy (non-hydrogen) atoms. The third kappa shape index (κ3) is 3.38. The number of nitrogens with zero attached hydrogens (tertiary/aromatic N) is 2. The van der Waals surface area contributed by atoms with Crippen LogP contribution in [-0.2, 0) is 17.8 Å². The van der Waals surface area contributed by atoms with Gasteiger partial charge in [-0.2, -0.15) is 0 Å². The van der Waals surface area contributed by atoms with Gasteiger partial charge in [-0.3, -0.25) is 9.59 Å². The third-order valence-electron chi connectivity index (χ3n) is 3.07. The van der Waals surface area contributed by atoms with Crippen LogP contribution < -0.4 is 11.1 Å². The Kier molecular flexibility index (Phi) is 4.22. The van der Waals surface area contributed by atoms with E-state index in [4.69, 9.17) is 5.73 Å². The summed E-state index contributed by atoms with van der Waals surface area (Å²) in [6, 6.07) is 7.37. The minimum absolute atomic E-state index is 0.0237. The Hall–Kier alpha value is -2.83. The number of carbonyl (C=O) groups excluding carboxylic acids is 2. The molecule has 0 atom stereocenters. The molecule has 0 spiro atoms. The molecule has 0 fully saturated rings. The molecule has 0 saturated carbocycles. The predicted molar refractivity (Wildman–Crippen MR) is 75.7 cm³/mol. The van der Waals surface area contributed by atoms with Crippen LogP contribution in [0.1, 0.15) is 21.6 Å². The summed E-state index contributed by atoms with van der Waals surface area (Å²) in [5, 5.41) is 12.0. The first-order chi connectivity index (χ1) is 10.0. The lowest BCUT2D eigenvalue weighted by Crippen LogP contribution is -2.20. The molecule has 0 radical (unpaired) electrons. The molecule has 110 valence electrons. The number of imidazole rings is 1. The number of hydrogen-bond acceptors (Lipinski definition) is 4. The van der Waals surface area contributed by atoms with Crippen LogP contribution in [-0.4, -0.2) is 33.5 Å². The van der Waals surface area contributed by atoms with E-state index in [0.29, 0.717) is 13.0 Å². The predicted octanol–water partition coefficient (Wildman–Crippen LogP) is 0.0244. The number of aromatic nitrogens is 2. The molecule has 4 N–H and O–H groups in total. The number of nitrogens with two attached hydrogens (primary N) is 1. The van der Waals surface area contributed by atoms with E-state index in [9.17, 15) is 14.7 Å². The number of rotatable bonds is 5.